The van der Waals surface area contributed by atoms with Gasteiger partial charge in [0.2, 0.25) is 5.91 Å². The first-order valence-electron chi connectivity index (χ1n) is 23.7. The van der Waals surface area contributed by atoms with E-state index in [1.807, 2.05) is 4.90 Å². The molecule has 1 N–H and O–H groups in total. The molecule has 0 aliphatic carbocycles. The fraction of sp³-hybridized carbons (Fsp3) is 0.979. The summed E-state index contributed by atoms with van der Waals surface area (Å²) in [7, 11) is 0. The van der Waals surface area contributed by atoms with Gasteiger partial charge >= 0.3 is 0 Å². The van der Waals surface area contributed by atoms with Crippen molar-refractivity contribution in [2.24, 2.45) is 0 Å². The lowest BCUT2D eigenvalue weighted by Crippen LogP contribution is -2.54. The predicted octanol–water partition coefficient (Wildman–Crippen LogP) is 6.07. The van der Waals surface area contributed by atoms with Crippen LogP contribution >= 0.6 is 0 Å². The quantitative estimate of drug-likeness (QED) is 0.338. The summed E-state index contributed by atoms with van der Waals surface area (Å²) in [4.78, 5) is 32.9. The van der Waals surface area contributed by atoms with Crippen LogP contribution in [0.25, 0.3) is 0 Å². The maximum absolute atomic E-state index is 11.1. The number of piperazine rings is 4. The van der Waals surface area contributed by atoms with E-state index in [1.165, 1.54) is 65.4 Å². The monoisotopic (exact) mass is 838 g/mol. The van der Waals surface area contributed by atoms with E-state index in [0.29, 0.717) is 28.2 Å². The van der Waals surface area contributed by atoms with Gasteiger partial charge in [-0.15, -0.1) is 0 Å². The molecule has 2 atom stereocenters. The van der Waals surface area contributed by atoms with Crippen molar-refractivity contribution < 1.29 is 9.90 Å². The average molecular weight is 838 g/mol. The fourth-order valence-electron chi connectivity index (χ4n) is 8.29. The molecule has 0 spiro atoms. The predicted molar refractivity (Wildman–Crippen MR) is 256 cm³/mol. The Morgan fingerprint density at radius 3 is 1.05 bits per heavy atom. The molecule has 0 aromatic rings. The standard InChI is InChI=1S/C11H24N2.C10H20N2O.C10H22N2O.C10H22N2.C7H15N/c1-10(2)12-6-8-13(9-7-12)11(3,4)5;1-9(13)11-5-7-12(8-6-11)10(2,3)4;1-10(2,3)12-6-4-11(5-7-12)8-9-13;1-5-11-6-8-12(9-7-11)10(2,3)4;1-6-5-8(6)7(2,3)4/h10H,6-9H2,1-5H3;5-8H2,1-4H3;13H,4-9H2,1-3H3;5-9H2,1-4H3;6H,5H2,1-4H3. The molecule has 0 saturated carbocycles. The Labute approximate surface area is 368 Å². The highest BCUT2D eigenvalue weighted by atomic mass is 16.3. The van der Waals surface area contributed by atoms with Crippen LogP contribution in [0.4, 0.5) is 0 Å². The zero-order chi connectivity index (χ0) is 45.6. The third-order valence-electron chi connectivity index (χ3n) is 12.9. The van der Waals surface area contributed by atoms with E-state index in [1.54, 1.807) is 6.92 Å². The topological polar surface area (TPSA) is 66.2 Å². The summed E-state index contributed by atoms with van der Waals surface area (Å²) in [5, 5.41) is 8.79. The highest BCUT2D eigenvalue weighted by Crippen LogP contribution is 2.27. The highest BCUT2D eigenvalue weighted by Gasteiger charge is 2.38. The first kappa shape index (κ1) is 56.1. The molecule has 5 heterocycles. The normalized spacial score (nSPS) is 24.1. The second-order valence-electron chi connectivity index (χ2n) is 22.9. The average Bonchev–Trinajstić information content (AvgIpc) is 3.89. The van der Waals surface area contributed by atoms with Crippen molar-refractivity contribution in [2.75, 3.05) is 131 Å². The van der Waals surface area contributed by atoms with Gasteiger partial charge in [-0.05, 0) is 131 Å². The zero-order valence-corrected chi connectivity index (χ0v) is 43.2. The molecule has 5 aliphatic rings. The molecular weight excluding hydrogens is 735 g/mol. The van der Waals surface area contributed by atoms with E-state index >= 15 is 0 Å². The molecule has 2 unspecified atom stereocenters. The van der Waals surface area contributed by atoms with E-state index in [4.69, 9.17) is 5.11 Å². The molecule has 11 nitrogen and oxygen atoms in total. The summed E-state index contributed by atoms with van der Waals surface area (Å²) in [5.41, 5.74) is 1.66. The van der Waals surface area contributed by atoms with E-state index in [9.17, 15) is 4.79 Å². The van der Waals surface area contributed by atoms with Gasteiger partial charge in [0.15, 0.2) is 0 Å². The minimum atomic E-state index is 0.202. The van der Waals surface area contributed by atoms with Gasteiger partial charge in [-0.3, -0.25) is 39.1 Å². The van der Waals surface area contributed by atoms with Crippen LogP contribution in [0.3, 0.4) is 0 Å². The largest absolute Gasteiger partial charge is 0.395 e. The molecule has 352 valence electrons. The number of hydrogen-bond donors (Lipinski definition) is 1. The molecule has 5 saturated heterocycles. The van der Waals surface area contributed by atoms with E-state index in [-0.39, 0.29) is 18.1 Å². The van der Waals surface area contributed by atoms with Crippen LogP contribution in [0.1, 0.15) is 138 Å². The van der Waals surface area contributed by atoms with Crippen LogP contribution in [0.15, 0.2) is 0 Å². The second-order valence-corrected chi connectivity index (χ2v) is 22.9. The van der Waals surface area contributed by atoms with Crippen molar-refractivity contribution in [3.8, 4) is 0 Å². The molecule has 0 aromatic heterocycles. The third-order valence-corrected chi connectivity index (χ3v) is 12.9. The molecule has 0 aromatic carbocycles. The van der Waals surface area contributed by atoms with Gasteiger partial charge in [-0.2, -0.15) is 0 Å². The smallest absolute Gasteiger partial charge is 0.219 e. The number of β-amino-alcohol motifs (C(OH)–C–C–N with tert-alkyl or cyclic N) is 1. The number of rotatable bonds is 4. The summed E-state index contributed by atoms with van der Waals surface area (Å²) in [6.07, 6.45) is 0. The lowest BCUT2D eigenvalue weighted by molar-refractivity contribution is -0.131. The number of nitrogens with zero attached hydrogens (tertiary/aromatic N) is 9. The van der Waals surface area contributed by atoms with Crippen molar-refractivity contribution in [3.05, 3.63) is 0 Å². The van der Waals surface area contributed by atoms with Gasteiger partial charge in [0.1, 0.15) is 0 Å². The summed E-state index contributed by atoms with van der Waals surface area (Å²) < 4.78 is 0. The number of likely N-dealkylation sites (N-methyl/N-ethyl adjacent to an activating group) is 1. The van der Waals surface area contributed by atoms with Crippen molar-refractivity contribution in [2.45, 2.75) is 178 Å². The lowest BCUT2D eigenvalue weighted by atomic mass is 10.0. The highest BCUT2D eigenvalue weighted by molar-refractivity contribution is 5.73. The Hall–Kier alpha value is -0.890. The first-order chi connectivity index (χ1) is 26.9. The fourth-order valence-corrected chi connectivity index (χ4v) is 8.29. The molecule has 11 heteroatoms. The Kier molecular flexibility index (Phi) is 23.6. The summed E-state index contributed by atoms with van der Waals surface area (Å²) in [6, 6.07) is 1.55. The Morgan fingerprint density at radius 1 is 0.525 bits per heavy atom. The van der Waals surface area contributed by atoms with E-state index < -0.39 is 0 Å². The van der Waals surface area contributed by atoms with Crippen LogP contribution < -0.4 is 0 Å². The number of hydrogen-bond acceptors (Lipinski definition) is 10. The summed E-state index contributed by atoms with van der Waals surface area (Å²) in [5.74, 6) is 0.202. The minimum absolute atomic E-state index is 0.202. The summed E-state index contributed by atoms with van der Waals surface area (Å²) in [6.45, 7) is 66.5. The van der Waals surface area contributed by atoms with Gasteiger partial charge in [0.05, 0.1) is 6.61 Å². The molecule has 0 radical (unpaired) electrons. The van der Waals surface area contributed by atoms with Gasteiger partial charge in [0, 0.05) is 165 Å². The lowest BCUT2D eigenvalue weighted by Gasteiger charge is -2.43. The molecule has 5 rings (SSSR count). The Bertz CT molecular complexity index is 1120. The Balaban J connectivity index is 0.000000372. The summed E-state index contributed by atoms with van der Waals surface area (Å²) >= 11 is 0. The van der Waals surface area contributed by atoms with Crippen molar-refractivity contribution in [3.63, 3.8) is 0 Å². The van der Waals surface area contributed by atoms with E-state index in [0.717, 1.165) is 64.9 Å². The SMILES string of the molecule is CC(=O)N1CCN(C(C)(C)C)CC1.CC(C)(C)N1CCN(CCO)CC1.CC(C)N1CCN(C(C)(C)C)CC1.CC1CN1C(C)(C)C.CCN1CCN(C(C)(C)C)CC1. The van der Waals surface area contributed by atoms with Gasteiger partial charge in [-0.1, -0.05) is 6.92 Å². The van der Waals surface area contributed by atoms with Crippen LogP contribution in [0, 0.1) is 0 Å². The zero-order valence-electron chi connectivity index (χ0n) is 43.2. The van der Waals surface area contributed by atoms with Gasteiger partial charge in [-0.25, -0.2) is 0 Å². The van der Waals surface area contributed by atoms with Crippen molar-refractivity contribution >= 4 is 5.91 Å². The number of amides is 1. The molecule has 0 bridgehead atoms. The number of carbonyl (C=O) groups is 1. The maximum Gasteiger partial charge on any atom is 0.219 e. The molecule has 59 heavy (non-hydrogen) atoms. The molecule has 1 amide bonds. The maximum atomic E-state index is 11.1. The molecular formula is C48H103N9O2. The first-order valence-corrected chi connectivity index (χ1v) is 23.7. The number of aliphatic hydroxyl groups is 1. The third kappa shape index (κ3) is 22.3. The van der Waals surface area contributed by atoms with Crippen LogP contribution in [0.2, 0.25) is 0 Å². The van der Waals surface area contributed by atoms with Crippen LogP contribution in [-0.2, 0) is 4.79 Å². The van der Waals surface area contributed by atoms with Crippen LogP contribution in [0.5, 0.6) is 0 Å². The molecule has 5 aliphatic heterocycles. The number of aliphatic hydroxyl groups excluding tert-OH is 1. The minimum Gasteiger partial charge on any atom is -0.395 e. The Morgan fingerprint density at radius 2 is 0.831 bits per heavy atom. The molecule has 5 fully saturated rings. The van der Waals surface area contributed by atoms with E-state index in [2.05, 4.69) is 171 Å². The van der Waals surface area contributed by atoms with Gasteiger partial charge in [0.25, 0.3) is 0 Å². The second kappa shape index (κ2) is 24.8. The van der Waals surface area contributed by atoms with Gasteiger partial charge < -0.3 is 14.9 Å². The van der Waals surface area contributed by atoms with Crippen LogP contribution in [-0.4, -0.2) is 226 Å². The van der Waals surface area contributed by atoms with Crippen molar-refractivity contribution in [1.29, 1.82) is 0 Å². The number of carbonyl (C=O) groups excluding carboxylic acids is 1. The van der Waals surface area contributed by atoms with Crippen molar-refractivity contribution in [1.82, 2.24) is 44.1 Å².